The van der Waals surface area contributed by atoms with Gasteiger partial charge in [-0.15, -0.1) is 0 Å². The first-order chi connectivity index (χ1) is 14.8. The smallest absolute Gasteiger partial charge is 0.353 e. The summed E-state index contributed by atoms with van der Waals surface area (Å²) in [6, 6.07) is 9.56. The first kappa shape index (κ1) is 21.1. The summed E-state index contributed by atoms with van der Waals surface area (Å²) >= 11 is 5.88. The molecule has 1 aromatic carbocycles. The standard InChI is InChI=1S/C20H18ClF3N6O/c21-16-4-1-14(2-5-16)12-30-13-26-18(27-19(30)31)29-9-7-28(8-10-29)17-6-3-15(11-25-17)20(22,23)24/h1-6,11,13H,7-10,12H2. The number of aromatic nitrogens is 4. The van der Waals surface area contributed by atoms with Crippen LogP contribution in [0.25, 0.3) is 0 Å². The van der Waals surface area contributed by atoms with Gasteiger partial charge in [0, 0.05) is 37.4 Å². The van der Waals surface area contributed by atoms with E-state index in [1.807, 2.05) is 21.9 Å². The van der Waals surface area contributed by atoms with Crippen molar-refractivity contribution >= 4 is 23.4 Å². The molecule has 2 aromatic heterocycles. The van der Waals surface area contributed by atoms with E-state index < -0.39 is 17.4 Å². The van der Waals surface area contributed by atoms with Gasteiger partial charge in [0.15, 0.2) is 0 Å². The minimum Gasteiger partial charge on any atom is -0.353 e. The van der Waals surface area contributed by atoms with Crippen LogP contribution in [0.15, 0.2) is 53.7 Å². The third-order valence-corrected chi connectivity index (χ3v) is 5.23. The van der Waals surface area contributed by atoms with Gasteiger partial charge >= 0.3 is 11.9 Å². The molecule has 3 aromatic rings. The van der Waals surface area contributed by atoms with Crippen molar-refractivity contribution in [2.24, 2.45) is 0 Å². The molecule has 11 heteroatoms. The molecule has 3 heterocycles. The Hall–Kier alpha value is -3.14. The van der Waals surface area contributed by atoms with Crippen LogP contribution in [-0.2, 0) is 12.7 Å². The van der Waals surface area contributed by atoms with Gasteiger partial charge in [-0.3, -0.25) is 4.57 Å². The minimum atomic E-state index is -4.41. The van der Waals surface area contributed by atoms with Crippen LogP contribution in [-0.4, -0.2) is 45.7 Å². The number of piperazine rings is 1. The molecule has 1 saturated heterocycles. The van der Waals surface area contributed by atoms with Crippen LogP contribution in [0.1, 0.15) is 11.1 Å². The van der Waals surface area contributed by atoms with Crippen LogP contribution in [0.5, 0.6) is 0 Å². The number of halogens is 4. The van der Waals surface area contributed by atoms with E-state index in [4.69, 9.17) is 11.6 Å². The van der Waals surface area contributed by atoms with Gasteiger partial charge in [-0.05, 0) is 29.8 Å². The maximum atomic E-state index is 12.7. The van der Waals surface area contributed by atoms with Crippen molar-refractivity contribution in [2.75, 3.05) is 36.0 Å². The van der Waals surface area contributed by atoms with Crippen LogP contribution < -0.4 is 15.5 Å². The molecule has 1 aliphatic rings. The largest absolute Gasteiger partial charge is 0.417 e. The Morgan fingerprint density at radius 1 is 0.935 bits per heavy atom. The molecule has 0 radical (unpaired) electrons. The Morgan fingerprint density at radius 3 is 2.19 bits per heavy atom. The Kier molecular flexibility index (Phi) is 5.81. The number of hydrogen-bond acceptors (Lipinski definition) is 6. The number of anilines is 2. The number of pyridine rings is 1. The van der Waals surface area contributed by atoms with Crippen molar-refractivity contribution in [1.82, 2.24) is 19.5 Å². The number of nitrogens with zero attached hydrogens (tertiary/aromatic N) is 6. The lowest BCUT2D eigenvalue weighted by Gasteiger charge is -2.35. The fourth-order valence-electron chi connectivity index (χ4n) is 3.27. The predicted molar refractivity (Wildman–Crippen MR) is 111 cm³/mol. The van der Waals surface area contributed by atoms with Gasteiger partial charge < -0.3 is 9.80 Å². The van der Waals surface area contributed by atoms with Crippen LogP contribution in [0.4, 0.5) is 24.9 Å². The highest BCUT2D eigenvalue weighted by Gasteiger charge is 2.31. The molecule has 7 nitrogen and oxygen atoms in total. The van der Waals surface area contributed by atoms with Crippen LogP contribution in [0.2, 0.25) is 5.02 Å². The number of alkyl halides is 3. The molecule has 0 unspecified atom stereocenters. The lowest BCUT2D eigenvalue weighted by Crippen LogP contribution is -2.48. The summed E-state index contributed by atoms with van der Waals surface area (Å²) < 4.78 is 39.5. The second kappa shape index (κ2) is 8.54. The molecule has 1 fully saturated rings. The Labute approximate surface area is 180 Å². The Balaban J connectivity index is 1.39. The molecular weight excluding hydrogens is 433 g/mol. The fourth-order valence-corrected chi connectivity index (χ4v) is 3.40. The molecule has 0 N–H and O–H groups in total. The van der Waals surface area contributed by atoms with Gasteiger partial charge in [0.25, 0.3) is 0 Å². The van der Waals surface area contributed by atoms with Gasteiger partial charge in [0.05, 0.1) is 12.1 Å². The van der Waals surface area contributed by atoms with E-state index in [1.54, 1.807) is 12.1 Å². The topological polar surface area (TPSA) is 67.2 Å². The molecule has 1 aliphatic heterocycles. The third kappa shape index (κ3) is 4.96. The second-order valence-electron chi connectivity index (χ2n) is 7.07. The molecule has 31 heavy (non-hydrogen) atoms. The summed E-state index contributed by atoms with van der Waals surface area (Å²) in [5, 5.41) is 0.619. The van der Waals surface area contributed by atoms with Crippen molar-refractivity contribution in [3.8, 4) is 0 Å². The monoisotopic (exact) mass is 450 g/mol. The minimum absolute atomic E-state index is 0.331. The maximum absolute atomic E-state index is 12.7. The maximum Gasteiger partial charge on any atom is 0.417 e. The highest BCUT2D eigenvalue weighted by molar-refractivity contribution is 6.30. The van der Waals surface area contributed by atoms with Crippen molar-refractivity contribution in [1.29, 1.82) is 0 Å². The van der Waals surface area contributed by atoms with Gasteiger partial charge in [-0.2, -0.15) is 18.2 Å². The number of benzene rings is 1. The number of hydrogen-bond donors (Lipinski definition) is 0. The Bertz CT molecular complexity index is 1090. The summed E-state index contributed by atoms with van der Waals surface area (Å²) in [6.07, 6.45) is -2.11. The van der Waals surface area contributed by atoms with E-state index in [0.717, 1.165) is 17.8 Å². The van der Waals surface area contributed by atoms with Gasteiger partial charge in [-0.1, -0.05) is 23.7 Å². The van der Waals surface area contributed by atoms with Crippen molar-refractivity contribution in [2.45, 2.75) is 12.7 Å². The molecule has 0 aliphatic carbocycles. The molecule has 0 spiro atoms. The lowest BCUT2D eigenvalue weighted by molar-refractivity contribution is -0.137. The summed E-state index contributed by atoms with van der Waals surface area (Å²) in [7, 11) is 0. The van der Waals surface area contributed by atoms with Gasteiger partial charge in [0.1, 0.15) is 12.1 Å². The molecule has 0 saturated carbocycles. The molecule has 0 bridgehead atoms. The zero-order valence-corrected chi connectivity index (χ0v) is 17.0. The van der Waals surface area contributed by atoms with E-state index in [-0.39, 0.29) is 0 Å². The second-order valence-corrected chi connectivity index (χ2v) is 7.51. The van der Waals surface area contributed by atoms with Gasteiger partial charge in [0.2, 0.25) is 5.95 Å². The fraction of sp³-hybridized carbons (Fsp3) is 0.300. The zero-order chi connectivity index (χ0) is 22.0. The molecule has 0 atom stereocenters. The summed E-state index contributed by atoms with van der Waals surface area (Å²) in [5.74, 6) is 0.810. The van der Waals surface area contributed by atoms with Gasteiger partial charge in [-0.25, -0.2) is 14.8 Å². The summed E-state index contributed by atoms with van der Waals surface area (Å²) in [6.45, 7) is 2.42. The molecule has 4 rings (SSSR count). The highest BCUT2D eigenvalue weighted by atomic mass is 35.5. The zero-order valence-electron chi connectivity index (χ0n) is 16.3. The molecule has 0 amide bonds. The SMILES string of the molecule is O=c1nc(N2CCN(c3ccc(C(F)(F)F)cn3)CC2)ncn1Cc1ccc(Cl)cc1. The molecular formula is C20H18ClF3N6O. The van der Waals surface area contributed by atoms with E-state index in [1.165, 1.54) is 17.0 Å². The normalized spacial score (nSPS) is 14.7. The molecule has 162 valence electrons. The first-order valence-corrected chi connectivity index (χ1v) is 9.88. The summed E-state index contributed by atoms with van der Waals surface area (Å²) in [4.78, 5) is 28.5. The quantitative estimate of drug-likeness (QED) is 0.608. The van der Waals surface area contributed by atoms with Crippen LogP contribution in [0.3, 0.4) is 0 Å². The van der Waals surface area contributed by atoms with E-state index >= 15 is 0 Å². The number of rotatable bonds is 4. The van der Waals surface area contributed by atoms with Crippen molar-refractivity contribution < 1.29 is 13.2 Å². The summed E-state index contributed by atoms with van der Waals surface area (Å²) in [5.41, 5.74) is -0.283. The van der Waals surface area contributed by atoms with Crippen molar-refractivity contribution in [3.05, 3.63) is 75.6 Å². The highest BCUT2D eigenvalue weighted by Crippen LogP contribution is 2.29. The van der Waals surface area contributed by atoms with Crippen molar-refractivity contribution in [3.63, 3.8) is 0 Å². The average Bonchev–Trinajstić information content (AvgIpc) is 2.76. The van der Waals surface area contributed by atoms with E-state index in [2.05, 4.69) is 15.0 Å². The average molecular weight is 451 g/mol. The lowest BCUT2D eigenvalue weighted by atomic mass is 10.2. The Morgan fingerprint density at radius 2 is 1.61 bits per heavy atom. The van der Waals surface area contributed by atoms with E-state index in [9.17, 15) is 18.0 Å². The predicted octanol–water partition coefficient (Wildman–Crippen LogP) is 3.08. The van der Waals surface area contributed by atoms with Crippen LogP contribution >= 0.6 is 11.6 Å². The third-order valence-electron chi connectivity index (χ3n) is 4.98. The van der Waals surface area contributed by atoms with E-state index in [0.29, 0.717) is 49.5 Å². The first-order valence-electron chi connectivity index (χ1n) is 9.51. The van der Waals surface area contributed by atoms with Crippen LogP contribution in [0, 0.1) is 0 Å².